The highest BCUT2D eigenvalue weighted by Crippen LogP contribution is 2.23. The van der Waals surface area contributed by atoms with Crippen LogP contribution in [0.5, 0.6) is 0 Å². The van der Waals surface area contributed by atoms with Crippen molar-refractivity contribution in [1.82, 2.24) is 9.55 Å². The van der Waals surface area contributed by atoms with Crippen LogP contribution in [0.2, 0.25) is 0 Å². The molecule has 0 aliphatic carbocycles. The van der Waals surface area contributed by atoms with Gasteiger partial charge in [-0.3, -0.25) is 4.79 Å². The molecule has 0 aliphatic heterocycles. The molecule has 1 aromatic heterocycles. The van der Waals surface area contributed by atoms with E-state index in [2.05, 4.69) is 4.98 Å². The number of nitrogens with zero attached hydrogens (tertiary/aromatic N) is 2. The third-order valence-electron chi connectivity index (χ3n) is 1.55. The van der Waals surface area contributed by atoms with Crippen LogP contribution in [0.1, 0.15) is 12.2 Å². The topological polar surface area (TPSA) is 55.1 Å². The summed E-state index contributed by atoms with van der Waals surface area (Å²) in [6.07, 6.45) is -3.39. The molecule has 7 heteroatoms. The molecule has 1 N–H and O–H groups in total. The van der Waals surface area contributed by atoms with E-state index in [0.29, 0.717) is 0 Å². The lowest BCUT2D eigenvalue weighted by atomic mass is 10.3. The third-order valence-corrected chi connectivity index (χ3v) is 1.55. The Kier molecular flexibility index (Phi) is 2.78. The van der Waals surface area contributed by atoms with Crippen molar-refractivity contribution in [3.63, 3.8) is 0 Å². The first-order valence-electron chi connectivity index (χ1n) is 3.72. The zero-order valence-corrected chi connectivity index (χ0v) is 6.95. The van der Waals surface area contributed by atoms with Crippen molar-refractivity contribution in [3.05, 3.63) is 18.2 Å². The average Bonchev–Trinajstić information content (AvgIpc) is 2.46. The summed E-state index contributed by atoms with van der Waals surface area (Å²) in [7, 11) is 0. The number of alkyl halides is 3. The Morgan fingerprint density at radius 1 is 1.57 bits per heavy atom. The SMILES string of the molecule is O=C(O)CCc1nccn1C(F)(F)F. The molecule has 78 valence electrons. The molecule has 0 spiro atoms. The molecule has 0 aromatic carbocycles. The maximum Gasteiger partial charge on any atom is 0.489 e. The molecular formula is C7H7F3N2O2. The first kappa shape index (κ1) is 10.6. The zero-order valence-electron chi connectivity index (χ0n) is 6.95. The van der Waals surface area contributed by atoms with E-state index in [-0.39, 0.29) is 23.2 Å². The minimum Gasteiger partial charge on any atom is -0.481 e. The third kappa shape index (κ3) is 2.48. The summed E-state index contributed by atoms with van der Waals surface area (Å²) < 4.78 is 36.6. The molecule has 1 heterocycles. The maximum absolute atomic E-state index is 12.2. The molecule has 0 bridgehead atoms. The van der Waals surface area contributed by atoms with Gasteiger partial charge in [-0.2, -0.15) is 0 Å². The van der Waals surface area contributed by atoms with E-state index >= 15 is 0 Å². The first-order valence-corrected chi connectivity index (χ1v) is 3.72. The van der Waals surface area contributed by atoms with Gasteiger partial charge in [0.05, 0.1) is 6.42 Å². The Balaban J connectivity index is 2.78. The molecule has 1 rings (SSSR count). The molecule has 0 amide bonds. The number of rotatable bonds is 3. The number of aliphatic carboxylic acids is 1. The molecule has 14 heavy (non-hydrogen) atoms. The number of carboxylic acids is 1. The van der Waals surface area contributed by atoms with Gasteiger partial charge in [-0.25, -0.2) is 9.55 Å². The van der Waals surface area contributed by atoms with Crippen molar-refractivity contribution in [3.8, 4) is 0 Å². The zero-order chi connectivity index (χ0) is 10.8. The second-order valence-corrected chi connectivity index (χ2v) is 2.58. The minimum absolute atomic E-state index is 0.00986. The van der Waals surface area contributed by atoms with Crippen LogP contribution in [0.4, 0.5) is 13.2 Å². The Hall–Kier alpha value is -1.53. The highest BCUT2D eigenvalue weighted by atomic mass is 19.4. The number of imidazole rings is 1. The molecule has 0 unspecified atom stereocenters. The Morgan fingerprint density at radius 3 is 2.71 bits per heavy atom. The van der Waals surface area contributed by atoms with E-state index in [1.54, 1.807) is 0 Å². The van der Waals surface area contributed by atoms with Crippen LogP contribution >= 0.6 is 0 Å². The predicted molar refractivity (Wildman–Crippen MR) is 39.5 cm³/mol. The van der Waals surface area contributed by atoms with Crippen molar-refractivity contribution in [1.29, 1.82) is 0 Å². The predicted octanol–water partition coefficient (Wildman–Crippen LogP) is 1.38. The van der Waals surface area contributed by atoms with Gasteiger partial charge in [-0.15, -0.1) is 13.2 Å². The van der Waals surface area contributed by atoms with Gasteiger partial charge < -0.3 is 5.11 Å². The number of hydrogen-bond donors (Lipinski definition) is 1. The van der Waals surface area contributed by atoms with Gasteiger partial charge in [0.15, 0.2) is 0 Å². The van der Waals surface area contributed by atoms with Gasteiger partial charge in [0.1, 0.15) is 5.82 Å². The summed E-state index contributed by atoms with van der Waals surface area (Å²) in [5.41, 5.74) is 0. The molecular weight excluding hydrogens is 201 g/mol. The number of carboxylic acid groups (broad SMARTS) is 1. The quantitative estimate of drug-likeness (QED) is 0.816. The van der Waals surface area contributed by atoms with E-state index < -0.39 is 12.3 Å². The van der Waals surface area contributed by atoms with Gasteiger partial charge >= 0.3 is 12.3 Å². The fourth-order valence-electron chi connectivity index (χ4n) is 0.969. The van der Waals surface area contributed by atoms with E-state index in [1.165, 1.54) is 0 Å². The van der Waals surface area contributed by atoms with E-state index in [0.717, 1.165) is 12.4 Å². The number of hydrogen-bond acceptors (Lipinski definition) is 2. The molecule has 0 fully saturated rings. The van der Waals surface area contributed by atoms with Crippen LogP contribution in [-0.2, 0) is 17.5 Å². The first-order chi connectivity index (χ1) is 6.41. The van der Waals surface area contributed by atoms with Gasteiger partial charge in [0, 0.05) is 18.8 Å². The van der Waals surface area contributed by atoms with E-state index in [1.807, 2.05) is 0 Å². The summed E-state index contributed by atoms with van der Waals surface area (Å²) in [4.78, 5) is 13.6. The lowest BCUT2D eigenvalue weighted by Gasteiger charge is -2.09. The van der Waals surface area contributed by atoms with Crippen molar-refractivity contribution < 1.29 is 23.1 Å². The van der Waals surface area contributed by atoms with Crippen LogP contribution in [-0.4, -0.2) is 20.6 Å². The number of carbonyl (C=O) groups is 1. The lowest BCUT2D eigenvalue weighted by molar-refractivity contribution is -0.205. The molecule has 0 atom stereocenters. The second-order valence-electron chi connectivity index (χ2n) is 2.58. The van der Waals surface area contributed by atoms with Gasteiger partial charge in [-0.05, 0) is 0 Å². The smallest absolute Gasteiger partial charge is 0.481 e. The Bertz CT molecular complexity index is 332. The monoisotopic (exact) mass is 208 g/mol. The second kappa shape index (κ2) is 3.69. The number of aryl methyl sites for hydroxylation is 1. The molecule has 0 radical (unpaired) electrons. The van der Waals surface area contributed by atoms with Crippen molar-refractivity contribution in [2.75, 3.05) is 0 Å². The van der Waals surface area contributed by atoms with Gasteiger partial charge in [0.2, 0.25) is 0 Å². The molecule has 1 aromatic rings. The molecule has 0 saturated heterocycles. The van der Waals surface area contributed by atoms with Crippen LogP contribution in [0, 0.1) is 0 Å². The van der Waals surface area contributed by atoms with Crippen LogP contribution in [0.25, 0.3) is 0 Å². The normalized spacial score (nSPS) is 11.6. The molecule has 4 nitrogen and oxygen atoms in total. The highest BCUT2D eigenvalue weighted by molar-refractivity contribution is 5.66. The number of aromatic nitrogens is 2. The van der Waals surface area contributed by atoms with Crippen LogP contribution in [0.15, 0.2) is 12.4 Å². The van der Waals surface area contributed by atoms with Crippen molar-refractivity contribution in [2.24, 2.45) is 0 Å². The van der Waals surface area contributed by atoms with Crippen molar-refractivity contribution >= 4 is 5.97 Å². The summed E-state index contributed by atoms with van der Waals surface area (Å²) >= 11 is 0. The fraction of sp³-hybridized carbons (Fsp3) is 0.429. The molecule has 0 saturated carbocycles. The largest absolute Gasteiger partial charge is 0.489 e. The van der Waals surface area contributed by atoms with E-state index in [4.69, 9.17) is 5.11 Å². The maximum atomic E-state index is 12.2. The highest BCUT2D eigenvalue weighted by Gasteiger charge is 2.32. The van der Waals surface area contributed by atoms with Crippen molar-refractivity contribution in [2.45, 2.75) is 19.1 Å². The van der Waals surface area contributed by atoms with E-state index in [9.17, 15) is 18.0 Å². The Labute approximate surface area is 77.0 Å². The van der Waals surface area contributed by atoms with Crippen LogP contribution < -0.4 is 0 Å². The van der Waals surface area contributed by atoms with Gasteiger partial charge in [-0.1, -0.05) is 0 Å². The van der Waals surface area contributed by atoms with Crippen LogP contribution in [0.3, 0.4) is 0 Å². The standard InChI is InChI=1S/C7H7F3N2O2/c8-7(9,10)12-4-3-11-5(12)1-2-6(13)14/h3-4H,1-2H2,(H,13,14). The Morgan fingerprint density at radius 2 is 2.21 bits per heavy atom. The summed E-state index contributed by atoms with van der Waals surface area (Å²) in [5.74, 6) is -1.44. The van der Waals surface area contributed by atoms with Gasteiger partial charge in [0.25, 0.3) is 0 Å². The summed E-state index contributed by atoms with van der Waals surface area (Å²) in [6.45, 7) is 0. The fourth-order valence-corrected chi connectivity index (χ4v) is 0.969. The average molecular weight is 208 g/mol. The lowest BCUT2D eigenvalue weighted by Crippen LogP contribution is -2.19. The minimum atomic E-state index is -4.54. The molecule has 0 aliphatic rings. The summed E-state index contributed by atoms with van der Waals surface area (Å²) in [5, 5.41) is 8.29. The summed E-state index contributed by atoms with van der Waals surface area (Å²) in [6, 6.07) is 0. The number of halogens is 3.